The zero-order valence-electron chi connectivity index (χ0n) is 19.7. The van der Waals surface area contributed by atoms with Crippen LogP contribution in [0.2, 0.25) is 0 Å². The van der Waals surface area contributed by atoms with E-state index in [1.165, 1.54) is 23.9 Å². The molecule has 3 saturated carbocycles. The number of Topliss-reactive ketones (excluding diaryl/α,β-unsaturated/α-hetero) is 1. The number of benzene rings is 1. The molecule has 4 atom stereocenters. The summed E-state index contributed by atoms with van der Waals surface area (Å²) in [6, 6.07) is 8.03. The summed E-state index contributed by atoms with van der Waals surface area (Å²) in [6.45, 7) is 9.15. The molecule has 0 amide bonds. The quantitative estimate of drug-likeness (QED) is 0.553. The molecule has 0 radical (unpaired) electrons. The van der Waals surface area contributed by atoms with Gasteiger partial charge in [-0.1, -0.05) is 20.8 Å². The van der Waals surface area contributed by atoms with Gasteiger partial charge >= 0.3 is 0 Å². The van der Waals surface area contributed by atoms with Crippen LogP contribution in [-0.4, -0.2) is 34.7 Å². The van der Waals surface area contributed by atoms with E-state index < -0.39 is 0 Å². The van der Waals surface area contributed by atoms with Crippen molar-refractivity contribution in [2.24, 2.45) is 23.2 Å². The first-order valence-corrected chi connectivity index (χ1v) is 13.0. The lowest BCUT2D eigenvalue weighted by Crippen LogP contribution is -2.58. The van der Waals surface area contributed by atoms with Crippen LogP contribution in [0.15, 0.2) is 39.7 Å². The lowest BCUT2D eigenvalue weighted by molar-refractivity contribution is -0.105. The monoisotopic (exact) mass is 512 g/mol. The number of carbonyl (C=O) groups is 1. The van der Waals surface area contributed by atoms with Gasteiger partial charge in [-0.05, 0) is 89.0 Å². The Balaban J connectivity index is 1.26. The van der Waals surface area contributed by atoms with E-state index in [0.29, 0.717) is 27.4 Å². The van der Waals surface area contributed by atoms with Gasteiger partial charge in [-0.2, -0.15) is 5.10 Å². The summed E-state index contributed by atoms with van der Waals surface area (Å²) in [5.74, 6) is 1.88. The molecule has 4 fully saturated rings. The van der Waals surface area contributed by atoms with Crippen LogP contribution in [0.25, 0.3) is 0 Å². The Morgan fingerprint density at radius 2 is 1.88 bits per heavy atom. The van der Waals surface area contributed by atoms with Gasteiger partial charge in [0.15, 0.2) is 5.78 Å². The summed E-state index contributed by atoms with van der Waals surface area (Å²) in [6.07, 6.45) is 6.54. The van der Waals surface area contributed by atoms with Gasteiger partial charge in [0.05, 0.1) is 11.9 Å². The molecular formula is C26H33BrN4O2. The predicted molar refractivity (Wildman–Crippen MR) is 135 cm³/mol. The summed E-state index contributed by atoms with van der Waals surface area (Å²) in [5.41, 5.74) is 2.60. The molecule has 0 spiro atoms. The minimum absolute atomic E-state index is 0.0705. The average Bonchev–Trinajstić information content (AvgIpc) is 3.34. The van der Waals surface area contributed by atoms with Crippen molar-refractivity contribution in [1.29, 1.82) is 0 Å². The van der Waals surface area contributed by atoms with Crippen molar-refractivity contribution in [3.8, 4) is 0 Å². The van der Waals surface area contributed by atoms with E-state index in [2.05, 4.69) is 52.0 Å². The van der Waals surface area contributed by atoms with Crippen molar-refractivity contribution < 1.29 is 4.79 Å². The van der Waals surface area contributed by atoms with Crippen LogP contribution in [0.3, 0.4) is 0 Å². The van der Waals surface area contributed by atoms with Crippen LogP contribution < -0.4 is 15.8 Å². The molecule has 3 aliphatic carbocycles. The van der Waals surface area contributed by atoms with Gasteiger partial charge in [0.25, 0.3) is 5.56 Å². The van der Waals surface area contributed by atoms with Crippen LogP contribution in [0, 0.1) is 23.2 Å². The average molecular weight is 513 g/mol. The predicted octanol–water partition coefficient (Wildman–Crippen LogP) is 4.97. The summed E-state index contributed by atoms with van der Waals surface area (Å²) in [5, 5.41) is 7.89. The summed E-state index contributed by atoms with van der Waals surface area (Å²) in [4.78, 5) is 28.1. The Morgan fingerprint density at radius 1 is 1.18 bits per heavy atom. The molecule has 33 heavy (non-hydrogen) atoms. The minimum atomic E-state index is -0.281. The van der Waals surface area contributed by atoms with Gasteiger partial charge in [0.2, 0.25) is 0 Å². The number of nitrogens with one attached hydrogen (secondary N) is 1. The van der Waals surface area contributed by atoms with Crippen molar-refractivity contribution in [1.82, 2.24) is 9.78 Å². The van der Waals surface area contributed by atoms with E-state index >= 15 is 0 Å². The van der Waals surface area contributed by atoms with Gasteiger partial charge in [0, 0.05) is 30.4 Å². The Hall–Kier alpha value is -2.15. The summed E-state index contributed by atoms with van der Waals surface area (Å²) >= 11 is 3.47. The van der Waals surface area contributed by atoms with Crippen LogP contribution in [0.1, 0.15) is 56.8 Å². The van der Waals surface area contributed by atoms with Gasteiger partial charge in [-0.3, -0.25) is 9.59 Å². The Bertz CT molecular complexity index is 1100. The van der Waals surface area contributed by atoms with Crippen molar-refractivity contribution in [3.05, 3.63) is 50.9 Å². The highest BCUT2D eigenvalue weighted by Gasteiger charge is 2.56. The number of rotatable bonds is 6. The Labute approximate surface area is 203 Å². The first-order valence-electron chi connectivity index (χ1n) is 12.2. The smallest absolute Gasteiger partial charge is 0.283 e. The molecule has 1 N–H and O–H groups in total. The second-order valence-corrected chi connectivity index (χ2v) is 11.5. The molecule has 1 aromatic carbocycles. The van der Waals surface area contributed by atoms with Crippen molar-refractivity contribution in [2.45, 2.75) is 59.0 Å². The molecule has 176 valence electrons. The molecule has 1 saturated heterocycles. The van der Waals surface area contributed by atoms with Crippen LogP contribution in [0.4, 0.5) is 11.4 Å². The van der Waals surface area contributed by atoms with E-state index in [4.69, 9.17) is 0 Å². The second kappa shape index (κ2) is 8.57. The zero-order valence-corrected chi connectivity index (χ0v) is 21.3. The third-order valence-electron chi connectivity index (χ3n) is 8.63. The second-order valence-electron chi connectivity index (χ2n) is 10.7. The van der Waals surface area contributed by atoms with Crippen LogP contribution in [-0.2, 0) is 6.54 Å². The Morgan fingerprint density at radius 3 is 2.52 bits per heavy atom. The number of halogens is 1. The maximum atomic E-state index is 12.9. The van der Waals surface area contributed by atoms with Crippen molar-refractivity contribution >= 4 is 33.1 Å². The Kier molecular flexibility index (Phi) is 5.88. The maximum absolute atomic E-state index is 12.9. The first kappa shape index (κ1) is 22.6. The molecule has 2 aromatic rings. The number of hydrogen-bond donors (Lipinski definition) is 1. The van der Waals surface area contributed by atoms with E-state index in [9.17, 15) is 9.59 Å². The highest BCUT2D eigenvalue weighted by molar-refractivity contribution is 9.10. The molecule has 0 unspecified atom stereocenters. The number of hydrogen-bond acceptors (Lipinski definition) is 5. The van der Waals surface area contributed by atoms with E-state index in [1.54, 1.807) is 6.20 Å². The number of aromatic nitrogens is 2. The molecule has 1 aromatic heterocycles. The highest BCUT2D eigenvalue weighted by Crippen LogP contribution is 2.61. The van der Waals surface area contributed by atoms with Gasteiger partial charge in [-0.15, -0.1) is 0 Å². The number of nitrogens with zero attached hydrogens (tertiary/aromatic N) is 3. The fourth-order valence-electron chi connectivity index (χ4n) is 6.28. The minimum Gasteiger partial charge on any atom is -0.380 e. The third-order valence-corrected chi connectivity index (χ3v) is 9.40. The SMILES string of the molecule is C[C@@H]1[C@H]2C[C@@H](C[C@H]1Nc1cnn(CC(=O)c3ccc(N4CCCC4)cc3)c(=O)c1Br)C2(C)C. The molecule has 2 heterocycles. The fourth-order valence-corrected chi connectivity index (χ4v) is 6.70. The zero-order chi connectivity index (χ0) is 23.3. The molecule has 6 rings (SSSR count). The lowest BCUT2D eigenvalue weighted by Gasteiger charge is -2.62. The van der Waals surface area contributed by atoms with E-state index in [-0.39, 0.29) is 17.9 Å². The molecular weight excluding hydrogens is 480 g/mol. The van der Waals surface area contributed by atoms with Gasteiger partial charge in [0.1, 0.15) is 11.0 Å². The highest BCUT2D eigenvalue weighted by atomic mass is 79.9. The van der Waals surface area contributed by atoms with Gasteiger partial charge < -0.3 is 10.2 Å². The van der Waals surface area contributed by atoms with Crippen molar-refractivity contribution in [3.63, 3.8) is 0 Å². The third kappa shape index (κ3) is 4.02. The molecule has 6 nitrogen and oxygen atoms in total. The number of anilines is 2. The maximum Gasteiger partial charge on any atom is 0.283 e. The van der Waals surface area contributed by atoms with E-state index in [0.717, 1.165) is 42.7 Å². The summed E-state index contributed by atoms with van der Waals surface area (Å²) < 4.78 is 1.69. The standard InChI is InChI=1S/C26H33BrN4O2/c1-16-20-12-18(26(20,2)3)13-21(16)29-22-14-28-31(25(33)24(22)27)15-23(32)17-6-8-19(9-7-17)30-10-4-5-11-30/h6-9,14,16,18,20-21,29H,4-5,10-13,15H2,1-3H3/t16-,18+,20-,21-/m1/s1. The topological polar surface area (TPSA) is 67.2 Å². The molecule has 2 bridgehead atoms. The van der Waals surface area contributed by atoms with Crippen LogP contribution >= 0.6 is 15.9 Å². The molecule has 7 heteroatoms. The summed E-state index contributed by atoms with van der Waals surface area (Å²) in [7, 11) is 0. The number of fused-ring (bicyclic) bond motifs is 2. The molecule has 4 aliphatic rings. The molecule has 1 aliphatic heterocycles. The number of carbonyl (C=O) groups excluding carboxylic acids is 1. The normalized spacial score (nSPS) is 27.8. The van der Waals surface area contributed by atoms with Gasteiger partial charge in [-0.25, -0.2) is 4.68 Å². The van der Waals surface area contributed by atoms with Crippen LogP contribution in [0.5, 0.6) is 0 Å². The lowest BCUT2D eigenvalue weighted by atomic mass is 9.45. The fraction of sp³-hybridized carbons (Fsp3) is 0.577. The van der Waals surface area contributed by atoms with E-state index in [1.807, 2.05) is 24.3 Å². The first-order chi connectivity index (χ1) is 15.8. The largest absolute Gasteiger partial charge is 0.380 e. The number of ketones is 1. The van der Waals surface area contributed by atoms with Crippen molar-refractivity contribution in [2.75, 3.05) is 23.3 Å².